The summed E-state index contributed by atoms with van der Waals surface area (Å²) in [6.45, 7) is 3.76. The molecule has 0 unspecified atom stereocenters. The van der Waals surface area contributed by atoms with E-state index in [1.165, 1.54) is 0 Å². The molecule has 1 aliphatic heterocycles. The highest BCUT2D eigenvalue weighted by Crippen LogP contribution is 2.26. The molecule has 1 N–H and O–H groups in total. The molecule has 2 aromatic carbocycles. The highest BCUT2D eigenvalue weighted by atomic mass is 16.5. The average Bonchev–Trinajstić information content (AvgIpc) is 2.89. The largest absolute Gasteiger partial charge is 0.487 e. The van der Waals surface area contributed by atoms with Gasteiger partial charge in [0.1, 0.15) is 11.9 Å². The van der Waals surface area contributed by atoms with E-state index in [1.54, 1.807) is 0 Å². The number of para-hydroxylation sites is 1. The Morgan fingerprint density at radius 1 is 1.21 bits per heavy atom. The van der Waals surface area contributed by atoms with Crippen LogP contribution in [0.3, 0.4) is 0 Å². The highest BCUT2D eigenvalue weighted by molar-refractivity contribution is 6.16. The van der Waals surface area contributed by atoms with Crippen LogP contribution in [0.15, 0.2) is 48.7 Å². The normalized spacial score (nSPS) is 14.6. The number of benzene rings is 2. The lowest BCUT2D eigenvalue weighted by atomic mass is 10.0. The van der Waals surface area contributed by atoms with Gasteiger partial charge in [0.15, 0.2) is 5.78 Å². The van der Waals surface area contributed by atoms with Gasteiger partial charge >= 0.3 is 0 Å². The van der Waals surface area contributed by atoms with Crippen LogP contribution in [0, 0.1) is 6.92 Å². The Balaban J connectivity index is 1.67. The molecule has 2 heterocycles. The molecule has 4 heteroatoms. The summed E-state index contributed by atoms with van der Waals surface area (Å²) in [4.78, 5) is 13.0. The Kier molecular flexibility index (Phi) is 3.62. The predicted octanol–water partition coefficient (Wildman–Crippen LogP) is 3.07. The van der Waals surface area contributed by atoms with E-state index in [2.05, 4.69) is 5.32 Å². The van der Waals surface area contributed by atoms with Gasteiger partial charge in [-0.15, -0.1) is 0 Å². The van der Waals surface area contributed by atoms with Crippen LogP contribution in [0.2, 0.25) is 0 Å². The third kappa shape index (κ3) is 2.49. The quantitative estimate of drug-likeness (QED) is 0.751. The van der Waals surface area contributed by atoms with E-state index in [9.17, 15) is 4.79 Å². The fourth-order valence-electron chi connectivity index (χ4n) is 3.13. The zero-order valence-electron chi connectivity index (χ0n) is 13.9. The smallest absolute Gasteiger partial charge is 0.195 e. The van der Waals surface area contributed by atoms with Crippen LogP contribution in [-0.2, 0) is 7.05 Å². The average molecular weight is 320 g/mol. The minimum Gasteiger partial charge on any atom is -0.487 e. The molecule has 3 aromatic rings. The summed E-state index contributed by atoms with van der Waals surface area (Å²) < 4.78 is 7.91. The standard InChI is InChI=1S/C20H20N2O2/c1-13-9-14(7-8-19(13)24-15-10-21-11-15)20(23)17-12-22(2)18-6-4-3-5-16(17)18/h3-9,12,15,21H,10-11H2,1-2H3. The van der Waals surface area contributed by atoms with Gasteiger partial charge in [0.25, 0.3) is 0 Å². The van der Waals surface area contributed by atoms with Crippen molar-refractivity contribution in [1.82, 2.24) is 9.88 Å². The first-order chi connectivity index (χ1) is 11.6. The lowest BCUT2D eigenvalue weighted by Crippen LogP contribution is -2.50. The molecular weight excluding hydrogens is 300 g/mol. The molecule has 0 spiro atoms. The van der Waals surface area contributed by atoms with Crippen molar-refractivity contribution in [3.8, 4) is 5.75 Å². The van der Waals surface area contributed by atoms with E-state index in [-0.39, 0.29) is 11.9 Å². The van der Waals surface area contributed by atoms with E-state index in [0.717, 1.165) is 40.9 Å². The molecule has 4 nitrogen and oxygen atoms in total. The summed E-state index contributed by atoms with van der Waals surface area (Å²) in [6.07, 6.45) is 2.15. The molecule has 0 saturated carbocycles. The van der Waals surface area contributed by atoms with Gasteiger partial charge in [0, 0.05) is 48.4 Å². The van der Waals surface area contributed by atoms with Crippen LogP contribution in [0.25, 0.3) is 10.9 Å². The maximum Gasteiger partial charge on any atom is 0.195 e. The van der Waals surface area contributed by atoms with Crippen LogP contribution in [0.1, 0.15) is 21.5 Å². The Morgan fingerprint density at radius 3 is 2.71 bits per heavy atom. The number of ether oxygens (including phenoxy) is 1. The van der Waals surface area contributed by atoms with Crippen molar-refractivity contribution in [2.24, 2.45) is 7.05 Å². The molecule has 24 heavy (non-hydrogen) atoms. The molecule has 0 radical (unpaired) electrons. The predicted molar refractivity (Wildman–Crippen MR) is 94.8 cm³/mol. The van der Waals surface area contributed by atoms with Crippen molar-refractivity contribution in [3.63, 3.8) is 0 Å². The minimum absolute atomic E-state index is 0.0479. The topological polar surface area (TPSA) is 43.3 Å². The Morgan fingerprint density at radius 2 is 2.00 bits per heavy atom. The number of nitrogens with zero attached hydrogens (tertiary/aromatic N) is 1. The number of aryl methyl sites for hydroxylation is 2. The fraction of sp³-hybridized carbons (Fsp3) is 0.250. The molecule has 0 bridgehead atoms. The second-order valence-electron chi connectivity index (χ2n) is 6.38. The summed E-state index contributed by atoms with van der Waals surface area (Å²) in [5, 5.41) is 4.18. The van der Waals surface area contributed by atoms with Gasteiger partial charge in [0.05, 0.1) is 0 Å². The van der Waals surface area contributed by atoms with E-state index in [1.807, 2.05) is 67.2 Å². The Labute approximate surface area is 141 Å². The Hall–Kier alpha value is -2.59. The molecule has 0 amide bonds. The first-order valence-corrected chi connectivity index (χ1v) is 8.20. The van der Waals surface area contributed by atoms with E-state index >= 15 is 0 Å². The van der Waals surface area contributed by atoms with Crippen molar-refractivity contribution < 1.29 is 9.53 Å². The van der Waals surface area contributed by atoms with Crippen molar-refractivity contribution in [1.29, 1.82) is 0 Å². The molecule has 0 atom stereocenters. The van der Waals surface area contributed by atoms with Gasteiger partial charge in [-0.05, 0) is 36.8 Å². The molecule has 1 saturated heterocycles. The monoisotopic (exact) mass is 320 g/mol. The maximum atomic E-state index is 13.0. The number of hydrogen-bond acceptors (Lipinski definition) is 3. The van der Waals surface area contributed by atoms with Crippen molar-refractivity contribution >= 4 is 16.7 Å². The molecular formula is C20H20N2O2. The van der Waals surface area contributed by atoms with Gasteiger partial charge < -0.3 is 14.6 Å². The van der Waals surface area contributed by atoms with Gasteiger partial charge in [-0.2, -0.15) is 0 Å². The number of fused-ring (bicyclic) bond motifs is 1. The summed E-state index contributed by atoms with van der Waals surface area (Å²) >= 11 is 0. The number of carbonyl (C=O) groups excluding carboxylic acids is 1. The fourth-order valence-corrected chi connectivity index (χ4v) is 3.13. The summed E-state index contributed by atoms with van der Waals surface area (Å²) in [6, 6.07) is 13.7. The first kappa shape index (κ1) is 15.0. The molecule has 1 aliphatic rings. The number of aromatic nitrogens is 1. The second kappa shape index (κ2) is 5.80. The van der Waals surface area contributed by atoms with Gasteiger partial charge in [-0.25, -0.2) is 0 Å². The van der Waals surface area contributed by atoms with E-state index in [4.69, 9.17) is 4.74 Å². The maximum absolute atomic E-state index is 13.0. The first-order valence-electron chi connectivity index (χ1n) is 8.20. The highest BCUT2D eigenvalue weighted by Gasteiger charge is 2.20. The third-order valence-corrected chi connectivity index (χ3v) is 4.62. The van der Waals surface area contributed by atoms with Crippen molar-refractivity contribution in [3.05, 3.63) is 65.4 Å². The van der Waals surface area contributed by atoms with Crippen LogP contribution in [0.4, 0.5) is 0 Å². The molecule has 1 aromatic heterocycles. The van der Waals surface area contributed by atoms with Crippen LogP contribution < -0.4 is 10.1 Å². The third-order valence-electron chi connectivity index (χ3n) is 4.62. The summed E-state index contributed by atoms with van der Waals surface area (Å²) in [5.74, 6) is 0.905. The van der Waals surface area contributed by atoms with Crippen molar-refractivity contribution in [2.45, 2.75) is 13.0 Å². The summed E-state index contributed by atoms with van der Waals surface area (Å²) in [5.41, 5.74) is 3.50. The van der Waals surface area contributed by atoms with Gasteiger partial charge in [0.2, 0.25) is 0 Å². The zero-order chi connectivity index (χ0) is 16.7. The Bertz CT molecular complexity index is 923. The number of nitrogens with one attached hydrogen (secondary N) is 1. The molecule has 1 fully saturated rings. The SMILES string of the molecule is Cc1cc(C(=O)c2cn(C)c3ccccc23)ccc1OC1CNC1. The van der Waals surface area contributed by atoms with Crippen LogP contribution in [-0.4, -0.2) is 29.5 Å². The molecule has 0 aliphatic carbocycles. The lowest BCUT2D eigenvalue weighted by Gasteiger charge is -2.28. The lowest BCUT2D eigenvalue weighted by molar-refractivity contribution is 0.104. The van der Waals surface area contributed by atoms with E-state index < -0.39 is 0 Å². The number of hydrogen-bond donors (Lipinski definition) is 1. The summed E-state index contributed by atoms with van der Waals surface area (Å²) in [7, 11) is 1.97. The second-order valence-corrected chi connectivity index (χ2v) is 6.38. The van der Waals surface area contributed by atoms with Gasteiger partial charge in [-0.1, -0.05) is 18.2 Å². The molecule has 4 rings (SSSR count). The van der Waals surface area contributed by atoms with Crippen LogP contribution >= 0.6 is 0 Å². The van der Waals surface area contributed by atoms with Gasteiger partial charge in [-0.3, -0.25) is 4.79 Å². The number of rotatable bonds is 4. The minimum atomic E-state index is 0.0479. The molecule has 122 valence electrons. The number of ketones is 1. The van der Waals surface area contributed by atoms with Crippen LogP contribution in [0.5, 0.6) is 5.75 Å². The zero-order valence-corrected chi connectivity index (χ0v) is 13.9. The number of carbonyl (C=O) groups is 1. The van der Waals surface area contributed by atoms with E-state index in [0.29, 0.717) is 5.56 Å². The van der Waals surface area contributed by atoms with Crippen molar-refractivity contribution in [2.75, 3.05) is 13.1 Å².